The van der Waals surface area contributed by atoms with Crippen molar-refractivity contribution in [1.29, 1.82) is 0 Å². The first-order valence-electron chi connectivity index (χ1n) is 5.12. The van der Waals surface area contributed by atoms with Gasteiger partial charge >= 0.3 is 0 Å². The Morgan fingerprint density at radius 2 is 2.07 bits per heavy atom. The van der Waals surface area contributed by atoms with E-state index in [1.807, 2.05) is 19.1 Å². The van der Waals surface area contributed by atoms with Gasteiger partial charge in [0.1, 0.15) is 0 Å². The van der Waals surface area contributed by atoms with Crippen molar-refractivity contribution in [2.45, 2.75) is 32.6 Å². The average molecular weight is 189 g/mol. The molecule has 0 aliphatic heterocycles. The van der Waals surface area contributed by atoms with Crippen LogP contribution in [0.3, 0.4) is 0 Å². The van der Waals surface area contributed by atoms with Gasteiger partial charge in [0.25, 0.3) is 0 Å². The Labute approximate surface area is 84.3 Å². The van der Waals surface area contributed by atoms with Gasteiger partial charge in [-0.1, -0.05) is 23.4 Å². The molecule has 1 N–H and O–H groups in total. The maximum absolute atomic E-state index is 8.78. The van der Waals surface area contributed by atoms with Crippen LogP contribution < -0.4 is 0 Å². The van der Waals surface area contributed by atoms with Gasteiger partial charge in [0.05, 0.1) is 5.71 Å². The van der Waals surface area contributed by atoms with Crippen molar-refractivity contribution in [3.8, 4) is 0 Å². The Morgan fingerprint density at radius 1 is 1.29 bits per heavy atom. The summed E-state index contributed by atoms with van der Waals surface area (Å²) in [5, 5.41) is 12.1. The monoisotopic (exact) mass is 189 g/mol. The van der Waals surface area contributed by atoms with Gasteiger partial charge < -0.3 is 5.21 Å². The molecule has 0 radical (unpaired) electrons. The number of rotatable bonds is 1. The summed E-state index contributed by atoms with van der Waals surface area (Å²) in [6.07, 6.45) is 4.83. The summed E-state index contributed by atoms with van der Waals surface area (Å²) in [4.78, 5) is 0. The molecule has 0 saturated carbocycles. The second kappa shape index (κ2) is 3.82. The number of oxime groups is 1. The first-order valence-corrected chi connectivity index (χ1v) is 5.12. The average Bonchev–Trinajstić information content (AvgIpc) is 2.27. The van der Waals surface area contributed by atoms with E-state index in [0.717, 1.165) is 17.7 Å². The fraction of sp³-hybridized carbons (Fsp3) is 0.417. The van der Waals surface area contributed by atoms with E-state index in [-0.39, 0.29) is 0 Å². The lowest BCUT2D eigenvalue weighted by molar-refractivity contribution is 0.319. The lowest BCUT2D eigenvalue weighted by Gasteiger charge is -2.18. The van der Waals surface area contributed by atoms with Crippen molar-refractivity contribution >= 4 is 5.71 Å². The Morgan fingerprint density at radius 3 is 2.86 bits per heavy atom. The number of hydrogen-bond donors (Lipinski definition) is 1. The molecule has 0 spiro atoms. The van der Waals surface area contributed by atoms with E-state index in [1.165, 1.54) is 30.4 Å². The molecule has 0 heterocycles. The van der Waals surface area contributed by atoms with Crippen LogP contribution in [0.4, 0.5) is 0 Å². The molecule has 2 nitrogen and oxygen atoms in total. The van der Waals surface area contributed by atoms with Gasteiger partial charge in [-0.3, -0.25) is 0 Å². The molecule has 74 valence electrons. The molecule has 1 aliphatic rings. The Hall–Kier alpha value is -1.31. The summed E-state index contributed by atoms with van der Waals surface area (Å²) in [7, 11) is 0. The molecule has 0 amide bonds. The van der Waals surface area contributed by atoms with E-state index in [9.17, 15) is 0 Å². The third kappa shape index (κ3) is 1.52. The maximum Gasteiger partial charge on any atom is 0.0839 e. The quantitative estimate of drug-likeness (QED) is 0.411. The molecule has 2 rings (SSSR count). The maximum atomic E-state index is 8.78. The van der Waals surface area contributed by atoms with Crippen LogP contribution in [-0.2, 0) is 12.8 Å². The number of nitrogens with zero attached hydrogens (tertiary/aromatic N) is 1. The molecule has 0 bridgehead atoms. The molecule has 1 aromatic carbocycles. The Kier molecular flexibility index (Phi) is 2.53. The second-order valence-electron chi connectivity index (χ2n) is 3.84. The van der Waals surface area contributed by atoms with Crippen LogP contribution in [0, 0.1) is 0 Å². The van der Waals surface area contributed by atoms with Crippen LogP contribution >= 0.6 is 0 Å². The first kappa shape index (κ1) is 9.25. The van der Waals surface area contributed by atoms with Gasteiger partial charge in [0.2, 0.25) is 0 Å². The van der Waals surface area contributed by atoms with Crippen molar-refractivity contribution in [3.05, 3.63) is 34.9 Å². The number of hydrogen-bond acceptors (Lipinski definition) is 2. The summed E-state index contributed by atoms with van der Waals surface area (Å²) < 4.78 is 0. The van der Waals surface area contributed by atoms with Crippen LogP contribution in [0.1, 0.15) is 36.5 Å². The van der Waals surface area contributed by atoms with Crippen molar-refractivity contribution in [2.24, 2.45) is 5.16 Å². The van der Waals surface area contributed by atoms with E-state index in [1.54, 1.807) is 0 Å². The molecule has 0 unspecified atom stereocenters. The van der Waals surface area contributed by atoms with Gasteiger partial charge in [-0.05, 0) is 43.7 Å². The fourth-order valence-electron chi connectivity index (χ4n) is 2.17. The summed E-state index contributed by atoms with van der Waals surface area (Å²) >= 11 is 0. The third-order valence-corrected chi connectivity index (χ3v) is 2.94. The Balaban J connectivity index is 2.50. The van der Waals surface area contributed by atoms with Crippen molar-refractivity contribution in [2.75, 3.05) is 0 Å². The summed E-state index contributed by atoms with van der Waals surface area (Å²) in [5.74, 6) is 0. The standard InChI is InChI=1S/C12H15NO/c1-9(13-14)11-8-4-6-10-5-2-3-7-12(10)11/h4,6,8,14H,2-3,5,7H2,1H3/b13-9+. The molecule has 14 heavy (non-hydrogen) atoms. The van der Waals surface area contributed by atoms with Gasteiger partial charge in [0.15, 0.2) is 0 Å². The van der Waals surface area contributed by atoms with Crippen LogP contribution in [0.25, 0.3) is 0 Å². The molecular weight excluding hydrogens is 174 g/mol. The fourth-order valence-corrected chi connectivity index (χ4v) is 2.17. The number of fused-ring (bicyclic) bond motifs is 1. The second-order valence-corrected chi connectivity index (χ2v) is 3.84. The number of aryl methyl sites for hydroxylation is 1. The SMILES string of the molecule is C/C(=N\O)c1cccc2c1CCCC2. The van der Waals surface area contributed by atoms with Gasteiger partial charge in [0, 0.05) is 5.56 Å². The van der Waals surface area contributed by atoms with Crippen molar-refractivity contribution in [1.82, 2.24) is 0 Å². The minimum Gasteiger partial charge on any atom is -0.411 e. The van der Waals surface area contributed by atoms with E-state index < -0.39 is 0 Å². The highest BCUT2D eigenvalue weighted by atomic mass is 16.4. The molecule has 2 heteroatoms. The minimum atomic E-state index is 0.726. The third-order valence-electron chi connectivity index (χ3n) is 2.94. The highest BCUT2D eigenvalue weighted by Crippen LogP contribution is 2.24. The van der Waals surface area contributed by atoms with Gasteiger partial charge in [-0.2, -0.15) is 0 Å². The molecule has 0 atom stereocenters. The smallest absolute Gasteiger partial charge is 0.0839 e. The molecule has 1 aliphatic carbocycles. The normalized spacial score (nSPS) is 16.5. The molecule has 1 aromatic rings. The molecule has 0 aromatic heterocycles. The van der Waals surface area contributed by atoms with E-state index in [4.69, 9.17) is 5.21 Å². The van der Waals surface area contributed by atoms with Crippen LogP contribution in [0.5, 0.6) is 0 Å². The van der Waals surface area contributed by atoms with Gasteiger partial charge in [-0.25, -0.2) is 0 Å². The lowest BCUT2D eigenvalue weighted by atomic mass is 9.87. The Bertz CT molecular complexity index is 369. The predicted molar refractivity (Wildman–Crippen MR) is 57.1 cm³/mol. The lowest BCUT2D eigenvalue weighted by Crippen LogP contribution is -2.09. The van der Waals surface area contributed by atoms with Crippen LogP contribution in [-0.4, -0.2) is 10.9 Å². The minimum absolute atomic E-state index is 0.726. The molecule has 0 fully saturated rings. The van der Waals surface area contributed by atoms with Crippen LogP contribution in [0.15, 0.2) is 23.4 Å². The number of benzene rings is 1. The zero-order valence-electron chi connectivity index (χ0n) is 8.45. The summed E-state index contributed by atoms with van der Waals surface area (Å²) in [5.41, 5.74) is 4.65. The zero-order chi connectivity index (χ0) is 9.97. The summed E-state index contributed by atoms with van der Waals surface area (Å²) in [6.45, 7) is 1.85. The molecule has 0 saturated heterocycles. The van der Waals surface area contributed by atoms with Crippen LogP contribution in [0.2, 0.25) is 0 Å². The molecular formula is C12H15NO. The highest BCUT2D eigenvalue weighted by Gasteiger charge is 2.13. The van der Waals surface area contributed by atoms with Gasteiger partial charge in [-0.15, -0.1) is 0 Å². The van der Waals surface area contributed by atoms with Crippen molar-refractivity contribution < 1.29 is 5.21 Å². The predicted octanol–water partition coefficient (Wildman–Crippen LogP) is 2.76. The largest absolute Gasteiger partial charge is 0.411 e. The summed E-state index contributed by atoms with van der Waals surface area (Å²) in [6, 6.07) is 6.27. The van der Waals surface area contributed by atoms with Crippen molar-refractivity contribution in [3.63, 3.8) is 0 Å². The topological polar surface area (TPSA) is 32.6 Å². The van der Waals surface area contributed by atoms with E-state index >= 15 is 0 Å². The van der Waals surface area contributed by atoms with E-state index in [0.29, 0.717) is 0 Å². The first-order chi connectivity index (χ1) is 6.83. The zero-order valence-corrected chi connectivity index (χ0v) is 8.45. The van der Waals surface area contributed by atoms with E-state index in [2.05, 4.69) is 11.2 Å². The highest BCUT2D eigenvalue weighted by molar-refractivity contribution is 5.99.